The lowest BCUT2D eigenvalue weighted by Gasteiger charge is -2.27. The first-order chi connectivity index (χ1) is 11.7. The van der Waals surface area contributed by atoms with Crippen molar-refractivity contribution in [1.29, 1.82) is 0 Å². The molecule has 2 aromatic carbocycles. The van der Waals surface area contributed by atoms with Gasteiger partial charge < -0.3 is 15.0 Å². The van der Waals surface area contributed by atoms with Gasteiger partial charge in [0.25, 0.3) is 0 Å². The highest BCUT2D eigenvalue weighted by Crippen LogP contribution is 2.34. The fourth-order valence-corrected chi connectivity index (χ4v) is 4.15. The number of quaternary nitrogens is 1. The fraction of sp³-hybridized carbons (Fsp3) is 0.211. The smallest absolute Gasteiger partial charge is 0.364 e. The zero-order chi connectivity index (χ0) is 16.7. The van der Waals surface area contributed by atoms with E-state index in [1.807, 2.05) is 30.3 Å². The van der Waals surface area contributed by atoms with Gasteiger partial charge >= 0.3 is 5.97 Å². The predicted molar refractivity (Wildman–Crippen MR) is 95.7 cm³/mol. The van der Waals surface area contributed by atoms with E-state index < -0.39 is 0 Å². The number of rotatable bonds is 2. The molecular weight excluding hydrogens is 368 g/mol. The molecule has 1 aliphatic heterocycles. The number of carbonyl (C=O) groups is 1. The fourth-order valence-electron chi connectivity index (χ4n) is 3.62. The molecular formula is C19H18BrN2O2+. The highest BCUT2D eigenvalue weighted by molar-refractivity contribution is 9.10. The third-order valence-corrected chi connectivity index (χ3v) is 5.47. The van der Waals surface area contributed by atoms with E-state index in [1.165, 1.54) is 23.8 Å². The van der Waals surface area contributed by atoms with Crippen LogP contribution in [0.5, 0.6) is 0 Å². The summed E-state index contributed by atoms with van der Waals surface area (Å²) in [7, 11) is 1.45. The molecule has 1 aliphatic rings. The molecule has 0 aliphatic carbocycles. The second-order valence-electron chi connectivity index (χ2n) is 6.09. The van der Waals surface area contributed by atoms with E-state index in [0.717, 1.165) is 15.6 Å². The van der Waals surface area contributed by atoms with Crippen molar-refractivity contribution in [3.8, 4) is 0 Å². The number of carbonyl (C=O) groups excluding carboxylic acids is 1. The number of ether oxygens (including phenoxy) is 1. The van der Waals surface area contributed by atoms with Crippen LogP contribution in [0.3, 0.4) is 0 Å². The van der Waals surface area contributed by atoms with Crippen LogP contribution in [0.25, 0.3) is 10.9 Å². The van der Waals surface area contributed by atoms with Crippen molar-refractivity contribution in [3.05, 3.63) is 69.8 Å². The van der Waals surface area contributed by atoms with E-state index in [2.05, 4.69) is 44.4 Å². The Labute approximate surface area is 148 Å². The molecule has 4 nitrogen and oxygen atoms in total. The highest BCUT2D eigenvalue weighted by atomic mass is 79.9. The largest absolute Gasteiger partial charge is 0.465 e. The number of halogens is 1. The second kappa shape index (κ2) is 6.07. The molecule has 0 spiro atoms. The van der Waals surface area contributed by atoms with Crippen molar-refractivity contribution in [2.45, 2.75) is 18.5 Å². The number of nitrogens with two attached hydrogens (primary N) is 1. The average molecular weight is 386 g/mol. The molecule has 0 fully saturated rings. The van der Waals surface area contributed by atoms with Crippen LogP contribution in [0.1, 0.15) is 22.9 Å². The van der Waals surface area contributed by atoms with Crippen LogP contribution in [-0.4, -0.2) is 24.1 Å². The minimum Gasteiger partial charge on any atom is -0.465 e. The van der Waals surface area contributed by atoms with Gasteiger partial charge in [-0.3, -0.25) is 0 Å². The number of aromatic amines is 1. The first kappa shape index (κ1) is 15.4. The Balaban J connectivity index is 1.90. The number of fused-ring (bicyclic) bond motifs is 3. The van der Waals surface area contributed by atoms with E-state index in [-0.39, 0.29) is 18.1 Å². The molecule has 5 heteroatoms. The number of aromatic nitrogens is 1. The molecule has 0 radical (unpaired) electrons. The normalized spacial score (nSPS) is 19.9. The van der Waals surface area contributed by atoms with Gasteiger partial charge in [-0.25, -0.2) is 4.79 Å². The molecule has 3 aromatic rings. The van der Waals surface area contributed by atoms with Crippen molar-refractivity contribution in [1.82, 2.24) is 4.98 Å². The van der Waals surface area contributed by atoms with Gasteiger partial charge in [0, 0.05) is 27.4 Å². The molecule has 0 unspecified atom stereocenters. The highest BCUT2D eigenvalue weighted by Gasteiger charge is 2.38. The molecule has 2 heterocycles. The van der Waals surface area contributed by atoms with Crippen LogP contribution < -0.4 is 5.32 Å². The van der Waals surface area contributed by atoms with E-state index in [1.54, 1.807) is 0 Å². The van der Waals surface area contributed by atoms with E-state index in [4.69, 9.17) is 4.74 Å². The van der Waals surface area contributed by atoms with Gasteiger partial charge in [-0.05, 0) is 17.7 Å². The average Bonchev–Trinajstić information content (AvgIpc) is 2.99. The van der Waals surface area contributed by atoms with Gasteiger partial charge in [0.2, 0.25) is 0 Å². The number of H-pyrrole nitrogens is 1. The molecule has 2 atom stereocenters. The number of hydrogen-bond donors (Lipinski definition) is 2. The van der Waals surface area contributed by atoms with Crippen LogP contribution in [0, 0.1) is 0 Å². The van der Waals surface area contributed by atoms with E-state index in [0.29, 0.717) is 6.42 Å². The lowest BCUT2D eigenvalue weighted by molar-refractivity contribution is -0.712. The van der Waals surface area contributed by atoms with Crippen molar-refractivity contribution in [2.75, 3.05) is 7.11 Å². The Bertz CT molecular complexity index is 919. The number of esters is 1. The molecule has 0 saturated heterocycles. The lowest BCUT2D eigenvalue weighted by Crippen LogP contribution is -2.94. The monoisotopic (exact) mass is 385 g/mol. The third-order valence-electron chi connectivity index (χ3n) is 4.75. The first-order valence-electron chi connectivity index (χ1n) is 7.95. The molecule has 122 valence electrons. The summed E-state index contributed by atoms with van der Waals surface area (Å²) in [6.07, 6.45) is 0.674. The summed E-state index contributed by atoms with van der Waals surface area (Å²) in [4.78, 5) is 15.8. The molecule has 1 aromatic heterocycles. The maximum atomic E-state index is 12.2. The van der Waals surface area contributed by atoms with Gasteiger partial charge in [0.15, 0.2) is 12.1 Å². The number of methoxy groups -OCH3 is 1. The van der Waals surface area contributed by atoms with Crippen molar-refractivity contribution < 1.29 is 14.8 Å². The van der Waals surface area contributed by atoms with Gasteiger partial charge in [-0.1, -0.05) is 52.3 Å². The summed E-state index contributed by atoms with van der Waals surface area (Å²) in [5.74, 6) is -0.178. The molecule has 4 rings (SSSR count). The van der Waals surface area contributed by atoms with Gasteiger partial charge in [0.1, 0.15) is 0 Å². The Hall–Kier alpha value is -2.11. The van der Waals surface area contributed by atoms with Crippen LogP contribution in [0.2, 0.25) is 0 Å². The third kappa shape index (κ3) is 2.44. The number of benzene rings is 2. The minimum absolute atomic E-state index is 0.0285. The standard InChI is InChI=1S/C19H17BrN2O2/c1-24-19(23)16-10-13-11-6-3-5-9-15(11)21-18(13)17(22-16)12-7-2-4-8-14(12)20/h2-9,16-17,21-22H,10H2,1H3/p+1/t16-,17+/m0/s1. The maximum Gasteiger partial charge on any atom is 0.364 e. The maximum absolute atomic E-state index is 12.2. The Kier molecular flexibility index (Phi) is 3.90. The summed E-state index contributed by atoms with van der Waals surface area (Å²) < 4.78 is 6.06. The van der Waals surface area contributed by atoms with Crippen LogP contribution >= 0.6 is 15.9 Å². The summed E-state index contributed by atoms with van der Waals surface area (Å²) >= 11 is 3.65. The molecule has 24 heavy (non-hydrogen) atoms. The lowest BCUT2D eigenvalue weighted by atomic mass is 9.90. The summed E-state index contributed by atoms with van der Waals surface area (Å²) in [6.45, 7) is 0. The molecule has 0 bridgehead atoms. The second-order valence-corrected chi connectivity index (χ2v) is 6.94. The van der Waals surface area contributed by atoms with Crippen LogP contribution in [0.4, 0.5) is 0 Å². The van der Waals surface area contributed by atoms with Gasteiger partial charge in [-0.2, -0.15) is 0 Å². The summed E-state index contributed by atoms with van der Waals surface area (Å²) in [5.41, 5.74) is 4.64. The molecule has 0 amide bonds. The Morgan fingerprint density at radius 3 is 2.75 bits per heavy atom. The van der Waals surface area contributed by atoms with Crippen LogP contribution in [-0.2, 0) is 16.0 Å². The van der Waals surface area contributed by atoms with Crippen molar-refractivity contribution in [3.63, 3.8) is 0 Å². The van der Waals surface area contributed by atoms with Crippen molar-refractivity contribution in [2.24, 2.45) is 0 Å². The Morgan fingerprint density at radius 2 is 1.96 bits per heavy atom. The zero-order valence-corrected chi connectivity index (χ0v) is 14.8. The van der Waals surface area contributed by atoms with Crippen LogP contribution in [0.15, 0.2) is 53.0 Å². The Morgan fingerprint density at radius 1 is 1.21 bits per heavy atom. The number of para-hydroxylation sites is 1. The zero-order valence-electron chi connectivity index (χ0n) is 13.3. The summed E-state index contributed by atoms with van der Waals surface area (Å²) in [5, 5.41) is 3.29. The molecule has 0 saturated carbocycles. The van der Waals surface area contributed by atoms with E-state index in [9.17, 15) is 4.79 Å². The number of hydrogen-bond acceptors (Lipinski definition) is 2. The molecule has 3 N–H and O–H groups in total. The summed E-state index contributed by atoms with van der Waals surface area (Å²) in [6, 6.07) is 16.2. The van der Waals surface area contributed by atoms with E-state index >= 15 is 0 Å². The predicted octanol–water partition coefficient (Wildman–Crippen LogP) is 2.68. The van der Waals surface area contributed by atoms with Crippen molar-refractivity contribution >= 4 is 32.8 Å². The topological polar surface area (TPSA) is 58.7 Å². The minimum atomic E-state index is -0.237. The number of nitrogens with one attached hydrogen (secondary N) is 1. The van der Waals surface area contributed by atoms with Gasteiger partial charge in [-0.15, -0.1) is 0 Å². The SMILES string of the molecule is COC(=O)[C@@H]1Cc2c([nH]c3ccccc23)[C@@H](c2ccccc2Br)[NH2+]1. The quantitative estimate of drug-likeness (QED) is 0.666. The first-order valence-corrected chi connectivity index (χ1v) is 8.75. The van der Waals surface area contributed by atoms with Gasteiger partial charge in [0.05, 0.1) is 12.8 Å².